The van der Waals surface area contributed by atoms with Gasteiger partial charge in [0.2, 0.25) is 5.91 Å². The van der Waals surface area contributed by atoms with Crippen LogP contribution in [0.1, 0.15) is 64.2 Å². The van der Waals surface area contributed by atoms with Gasteiger partial charge in [0, 0.05) is 13.0 Å². The Morgan fingerprint density at radius 3 is 2.56 bits per heavy atom. The van der Waals surface area contributed by atoms with Crippen molar-refractivity contribution in [2.24, 2.45) is 11.1 Å². The lowest BCUT2D eigenvalue weighted by molar-refractivity contribution is -0.124. The summed E-state index contributed by atoms with van der Waals surface area (Å²) in [6.45, 7) is 5.56. The zero-order valence-electron chi connectivity index (χ0n) is 16.2. The second kappa shape index (κ2) is 10.3. The molecule has 1 aliphatic rings. The summed E-state index contributed by atoms with van der Waals surface area (Å²) in [4.78, 5) is 17.4. The molecule has 3 N–H and O–H groups in total. The molecule has 1 fully saturated rings. The number of nitrogens with one attached hydrogen (secondary N) is 1. The van der Waals surface area contributed by atoms with Crippen LogP contribution in [0.2, 0.25) is 0 Å². The van der Waals surface area contributed by atoms with E-state index in [-0.39, 0.29) is 42.2 Å². The number of halogens is 2. The molecule has 1 heterocycles. The maximum absolute atomic E-state index is 12.7. The summed E-state index contributed by atoms with van der Waals surface area (Å²) in [5.74, 6) is 1.01. The molecule has 1 aromatic heterocycles. The lowest BCUT2D eigenvalue weighted by Gasteiger charge is -2.36. The molecule has 27 heavy (non-hydrogen) atoms. The number of nitrogens with zero attached hydrogens (tertiary/aromatic N) is 2. The van der Waals surface area contributed by atoms with Crippen LogP contribution in [-0.2, 0) is 11.3 Å². The number of imidazole rings is 1. The van der Waals surface area contributed by atoms with E-state index in [4.69, 9.17) is 10.7 Å². The van der Waals surface area contributed by atoms with Crippen molar-refractivity contribution in [1.29, 1.82) is 0 Å². The van der Waals surface area contributed by atoms with Crippen LogP contribution in [0.4, 0.5) is 0 Å². The summed E-state index contributed by atoms with van der Waals surface area (Å²) in [5.41, 5.74) is 8.12. The summed E-state index contributed by atoms with van der Waals surface area (Å²) in [6, 6.07) is 8.01. The molecule has 1 aliphatic carbocycles. The Balaban J connectivity index is 0.00000182. The number of carbonyl (C=O) groups is 1. The smallest absolute Gasteiger partial charge is 0.221 e. The Morgan fingerprint density at radius 2 is 1.93 bits per heavy atom. The topological polar surface area (TPSA) is 72.9 Å². The van der Waals surface area contributed by atoms with Crippen molar-refractivity contribution in [2.75, 3.05) is 6.54 Å². The maximum Gasteiger partial charge on any atom is 0.221 e. The minimum absolute atomic E-state index is 0. The summed E-state index contributed by atoms with van der Waals surface area (Å²) in [6.07, 6.45) is 6.30. The van der Waals surface area contributed by atoms with E-state index in [1.807, 2.05) is 25.1 Å². The van der Waals surface area contributed by atoms with Crippen LogP contribution in [-0.4, -0.2) is 22.0 Å². The van der Waals surface area contributed by atoms with Crippen LogP contribution < -0.4 is 11.1 Å². The van der Waals surface area contributed by atoms with Crippen molar-refractivity contribution in [3.05, 3.63) is 30.1 Å². The molecule has 152 valence electrons. The minimum atomic E-state index is -0.113. The SMILES string of the molecule is CCn1c(C(C)NC(=O)CC2(CN)CCCCC2)nc2ccccc21.Cl.Cl. The van der Waals surface area contributed by atoms with Crippen molar-refractivity contribution in [3.8, 4) is 0 Å². The molecular formula is C20H32Cl2N4O. The summed E-state index contributed by atoms with van der Waals surface area (Å²) < 4.78 is 2.18. The summed E-state index contributed by atoms with van der Waals surface area (Å²) >= 11 is 0. The number of aromatic nitrogens is 2. The average molecular weight is 415 g/mol. The van der Waals surface area contributed by atoms with Gasteiger partial charge in [0.1, 0.15) is 5.82 Å². The van der Waals surface area contributed by atoms with Gasteiger partial charge < -0.3 is 15.6 Å². The van der Waals surface area contributed by atoms with E-state index < -0.39 is 0 Å². The molecular weight excluding hydrogens is 383 g/mol. The van der Waals surface area contributed by atoms with Crippen molar-refractivity contribution >= 4 is 41.8 Å². The number of hydrogen-bond donors (Lipinski definition) is 2. The van der Waals surface area contributed by atoms with Crippen LogP contribution in [0.15, 0.2) is 24.3 Å². The number of rotatable bonds is 6. The number of fused-ring (bicyclic) bond motifs is 1. The number of aryl methyl sites for hydroxylation is 1. The molecule has 0 spiro atoms. The molecule has 1 saturated carbocycles. The normalized spacial score (nSPS) is 16.9. The Bertz CT molecular complexity index is 741. The fraction of sp³-hybridized carbons (Fsp3) is 0.600. The molecule has 7 heteroatoms. The first kappa shape index (κ1) is 23.7. The number of benzene rings is 1. The molecule has 1 atom stereocenters. The van der Waals surface area contributed by atoms with E-state index >= 15 is 0 Å². The van der Waals surface area contributed by atoms with Gasteiger partial charge in [0.05, 0.1) is 17.1 Å². The highest BCUT2D eigenvalue weighted by molar-refractivity contribution is 5.85. The van der Waals surface area contributed by atoms with E-state index in [1.165, 1.54) is 19.3 Å². The average Bonchev–Trinajstić information content (AvgIpc) is 3.01. The number of para-hydroxylation sites is 2. The quantitative estimate of drug-likeness (QED) is 0.736. The Morgan fingerprint density at radius 1 is 1.26 bits per heavy atom. The maximum atomic E-state index is 12.7. The number of amides is 1. The number of hydrogen-bond acceptors (Lipinski definition) is 3. The van der Waals surface area contributed by atoms with E-state index in [9.17, 15) is 4.79 Å². The fourth-order valence-electron chi connectivity index (χ4n) is 4.21. The molecule has 0 bridgehead atoms. The third-order valence-corrected chi connectivity index (χ3v) is 5.65. The van der Waals surface area contributed by atoms with E-state index in [1.54, 1.807) is 0 Å². The molecule has 2 aromatic rings. The molecule has 0 saturated heterocycles. The monoisotopic (exact) mass is 414 g/mol. The van der Waals surface area contributed by atoms with Crippen molar-refractivity contribution in [2.45, 2.75) is 65.0 Å². The predicted octanol–water partition coefficient (Wildman–Crippen LogP) is 4.38. The van der Waals surface area contributed by atoms with Crippen molar-refractivity contribution < 1.29 is 4.79 Å². The summed E-state index contributed by atoms with van der Waals surface area (Å²) in [5, 5.41) is 3.16. The van der Waals surface area contributed by atoms with E-state index in [0.717, 1.165) is 36.2 Å². The first-order chi connectivity index (χ1) is 12.1. The Kier molecular flexibility index (Phi) is 9.06. The first-order valence-electron chi connectivity index (χ1n) is 9.53. The van der Waals surface area contributed by atoms with Gasteiger partial charge >= 0.3 is 0 Å². The van der Waals surface area contributed by atoms with Gasteiger partial charge in [0.15, 0.2) is 0 Å². The van der Waals surface area contributed by atoms with Crippen LogP contribution in [0.25, 0.3) is 11.0 Å². The third kappa shape index (κ3) is 5.15. The van der Waals surface area contributed by atoms with Crippen LogP contribution in [0.3, 0.4) is 0 Å². The zero-order chi connectivity index (χ0) is 17.9. The molecule has 5 nitrogen and oxygen atoms in total. The standard InChI is InChI=1S/C20H30N4O.2ClH/c1-3-24-17-10-6-5-9-16(17)23-19(24)15(2)22-18(25)13-20(14-21)11-7-4-8-12-20;;/h5-6,9-10,15H,3-4,7-8,11-14,21H2,1-2H3,(H,22,25);2*1H. The highest BCUT2D eigenvalue weighted by Gasteiger charge is 2.33. The zero-order valence-corrected chi connectivity index (χ0v) is 17.9. The molecule has 1 amide bonds. The highest BCUT2D eigenvalue weighted by Crippen LogP contribution is 2.38. The van der Waals surface area contributed by atoms with Gasteiger partial charge in [-0.3, -0.25) is 4.79 Å². The second-order valence-electron chi connectivity index (χ2n) is 7.43. The van der Waals surface area contributed by atoms with E-state index in [0.29, 0.717) is 13.0 Å². The highest BCUT2D eigenvalue weighted by atomic mass is 35.5. The minimum Gasteiger partial charge on any atom is -0.346 e. The molecule has 0 radical (unpaired) electrons. The number of carbonyl (C=O) groups excluding carboxylic acids is 1. The first-order valence-corrected chi connectivity index (χ1v) is 9.53. The van der Waals surface area contributed by atoms with Gasteiger partial charge in [-0.2, -0.15) is 0 Å². The summed E-state index contributed by atoms with van der Waals surface area (Å²) in [7, 11) is 0. The molecule has 0 aliphatic heterocycles. The third-order valence-electron chi connectivity index (χ3n) is 5.65. The van der Waals surface area contributed by atoms with Crippen LogP contribution in [0, 0.1) is 5.41 Å². The predicted molar refractivity (Wildman–Crippen MR) is 116 cm³/mol. The second-order valence-corrected chi connectivity index (χ2v) is 7.43. The van der Waals surface area contributed by atoms with Gasteiger partial charge in [-0.25, -0.2) is 4.98 Å². The Labute approximate surface area is 174 Å². The Hall–Kier alpha value is -1.30. The van der Waals surface area contributed by atoms with Crippen LogP contribution >= 0.6 is 24.8 Å². The molecule has 1 aromatic carbocycles. The molecule has 3 rings (SSSR count). The fourth-order valence-corrected chi connectivity index (χ4v) is 4.21. The van der Waals surface area contributed by atoms with Crippen molar-refractivity contribution in [1.82, 2.24) is 14.9 Å². The van der Waals surface area contributed by atoms with Crippen molar-refractivity contribution in [3.63, 3.8) is 0 Å². The van der Waals surface area contributed by atoms with E-state index in [2.05, 4.69) is 22.9 Å². The lowest BCUT2D eigenvalue weighted by atomic mass is 9.71. The number of nitrogens with two attached hydrogens (primary N) is 1. The lowest BCUT2D eigenvalue weighted by Crippen LogP contribution is -2.39. The van der Waals surface area contributed by atoms with Gasteiger partial charge in [-0.15, -0.1) is 24.8 Å². The van der Waals surface area contributed by atoms with Gasteiger partial charge in [-0.05, 0) is 50.8 Å². The van der Waals surface area contributed by atoms with Gasteiger partial charge in [-0.1, -0.05) is 31.4 Å². The largest absolute Gasteiger partial charge is 0.346 e. The molecule has 1 unspecified atom stereocenters. The van der Waals surface area contributed by atoms with Crippen LogP contribution in [0.5, 0.6) is 0 Å². The van der Waals surface area contributed by atoms with Gasteiger partial charge in [0.25, 0.3) is 0 Å².